The van der Waals surface area contributed by atoms with Crippen LogP contribution in [0.15, 0.2) is 0 Å². The third-order valence-corrected chi connectivity index (χ3v) is 8.14. The summed E-state index contributed by atoms with van der Waals surface area (Å²) in [4.78, 5) is 0. The summed E-state index contributed by atoms with van der Waals surface area (Å²) in [6, 6.07) is 0. The standard InChI is InChI=1S/2C13H26.C4H10.C2H6/c1-5-11-7-8-12(6-2)13(9-11)10(3)4;1-5-7-13-11(6-2)8-9-12(13)10(3)4;1-4(2)3;1-2/h2*10-13H,5-9H2,1-4H3;4H,1-3H3;1-2H3. The van der Waals surface area contributed by atoms with E-state index in [1.54, 1.807) is 0 Å². The highest BCUT2D eigenvalue weighted by Crippen LogP contribution is 2.45. The Balaban J connectivity index is 0. The fourth-order valence-corrected chi connectivity index (χ4v) is 6.36. The molecule has 32 heavy (non-hydrogen) atoms. The molecule has 0 N–H and O–H groups in total. The first-order valence-electron chi connectivity index (χ1n) is 15.1. The van der Waals surface area contributed by atoms with Crippen molar-refractivity contribution in [3.8, 4) is 0 Å². The minimum atomic E-state index is 0.833. The Labute approximate surface area is 207 Å². The highest BCUT2D eigenvalue weighted by Gasteiger charge is 2.35. The van der Waals surface area contributed by atoms with Crippen molar-refractivity contribution in [3.63, 3.8) is 0 Å². The second-order valence-corrected chi connectivity index (χ2v) is 12.0. The van der Waals surface area contributed by atoms with Crippen LogP contribution in [0.3, 0.4) is 0 Å². The molecule has 0 saturated heterocycles. The van der Waals surface area contributed by atoms with Gasteiger partial charge in [-0.1, -0.05) is 129 Å². The van der Waals surface area contributed by atoms with E-state index in [0.717, 1.165) is 53.3 Å². The fraction of sp³-hybridized carbons (Fsp3) is 1.00. The molecular formula is C32H68. The van der Waals surface area contributed by atoms with Crippen LogP contribution < -0.4 is 0 Å². The van der Waals surface area contributed by atoms with E-state index < -0.39 is 0 Å². The highest BCUT2D eigenvalue weighted by molar-refractivity contribution is 4.85. The van der Waals surface area contributed by atoms with Gasteiger partial charge in [0.25, 0.3) is 0 Å². The van der Waals surface area contributed by atoms with Gasteiger partial charge in [0.1, 0.15) is 0 Å². The molecule has 0 aromatic heterocycles. The zero-order chi connectivity index (χ0) is 25.3. The summed E-state index contributed by atoms with van der Waals surface area (Å²) < 4.78 is 0. The second-order valence-electron chi connectivity index (χ2n) is 12.0. The smallest absolute Gasteiger partial charge is 0.0355 e. The summed E-state index contributed by atoms with van der Waals surface area (Å²) in [5.41, 5.74) is 0. The molecule has 6 unspecified atom stereocenters. The predicted molar refractivity (Wildman–Crippen MR) is 151 cm³/mol. The van der Waals surface area contributed by atoms with E-state index in [-0.39, 0.29) is 0 Å². The van der Waals surface area contributed by atoms with Crippen molar-refractivity contribution in [2.45, 2.75) is 154 Å². The first kappa shape index (κ1) is 34.2. The monoisotopic (exact) mass is 453 g/mol. The van der Waals surface area contributed by atoms with Crippen LogP contribution in [0.25, 0.3) is 0 Å². The van der Waals surface area contributed by atoms with Crippen molar-refractivity contribution in [1.29, 1.82) is 0 Å². The Kier molecular flexibility index (Phi) is 21.8. The van der Waals surface area contributed by atoms with Crippen molar-refractivity contribution >= 4 is 0 Å². The molecule has 0 aromatic rings. The molecule has 6 atom stereocenters. The minimum Gasteiger partial charge on any atom is -0.0683 e. The quantitative estimate of drug-likeness (QED) is 0.360. The summed E-state index contributed by atoms with van der Waals surface area (Å²) in [5, 5.41) is 0. The van der Waals surface area contributed by atoms with Crippen molar-refractivity contribution in [2.75, 3.05) is 0 Å². The summed E-state index contributed by atoms with van der Waals surface area (Å²) in [6.07, 6.45) is 14.6. The molecule has 2 aliphatic carbocycles. The first-order chi connectivity index (χ1) is 15.1. The van der Waals surface area contributed by atoms with Gasteiger partial charge in [0, 0.05) is 0 Å². The Bertz CT molecular complexity index is 377. The van der Waals surface area contributed by atoms with Crippen LogP contribution in [0.1, 0.15) is 154 Å². The molecule has 0 aliphatic heterocycles. The van der Waals surface area contributed by atoms with Gasteiger partial charge in [-0.2, -0.15) is 0 Å². The lowest BCUT2D eigenvalue weighted by molar-refractivity contribution is 0.129. The molecule has 0 radical (unpaired) electrons. The maximum Gasteiger partial charge on any atom is -0.0355 e. The predicted octanol–water partition coefficient (Wildman–Crippen LogP) is 11.7. The molecule has 2 rings (SSSR count). The zero-order valence-electron chi connectivity index (χ0n) is 25.3. The molecule has 0 amide bonds. The van der Waals surface area contributed by atoms with Gasteiger partial charge in [-0.15, -0.1) is 0 Å². The normalized spacial score (nSPS) is 29.6. The third kappa shape index (κ3) is 13.6. The van der Waals surface area contributed by atoms with Crippen LogP contribution in [-0.2, 0) is 0 Å². The van der Waals surface area contributed by atoms with E-state index in [1.807, 2.05) is 13.8 Å². The van der Waals surface area contributed by atoms with Crippen LogP contribution in [-0.4, -0.2) is 0 Å². The number of hydrogen-bond donors (Lipinski definition) is 0. The maximum atomic E-state index is 2.41. The van der Waals surface area contributed by atoms with Gasteiger partial charge in [0.15, 0.2) is 0 Å². The van der Waals surface area contributed by atoms with Crippen LogP contribution in [0, 0.1) is 53.3 Å². The third-order valence-electron chi connectivity index (χ3n) is 8.14. The molecule has 2 fully saturated rings. The van der Waals surface area contributed by atoms with E-state index in [9.17, 15) is 0 Å². The Morgan fingerprint density at radius 2 is 1.06 bits per heavy atom. The molecule has 196 valence electrons. The van der Waals surface area contributed by atoms with E-state index in [2.05, 4.69) is 76.2 Å². The van der Waals surface area contributed by atoms with Crippen LogP contribution in [0.5, 0.6) is 0 Å². The molecule has 2 aliphatic rings. The van der Waals surface area contributed by atoms with E-state index >= 15 is 0 Å². The fourth-order valence-electron chi connectivity index (χ4n) is 6.36. The molecular weight excluding hydrogens is 384 g/mol. The van der Waals surface area contributed by atoms with Crippen molar-refractivity contribution in [2.24, 2.45) is 53.3 Å². The van der Waals surface area contributed by atoms with E-state index in [4.69, 9.17) is 0 Å². The van der Waals surface area contributed by atoms with Crippen LogP contribution >= 0.6 is 0 Å². The van der Waals surface area contributed by atoms with Crippen LogP contribution in [0.4, 0.5) is 0 Å². The summed E-state index contributed by atoms with van der Waals surface area (Å²) in [5.74, 6) is 8.86. The molecule has 0 bridgehead atoms. The van der Waals surface area contributed by atoms with Gasteiger partial charge < -0.3 is 0 Å². The Hall–Kier alpha value is 0. The second kappa shape index (κ2) is 20.4. The van der Waals surface area contributed by atoms with E-state index in [0.29, 0.717) is 0 Å². The Morgan fingerprint density at radius 1 is 0.594 bits per heavy atom. The highest BCUT2D eigenvalue weighted by atomic mass is 14.4. The average Bonchev–Trinajstić information content (AvgIpc) is 3.18. The molecule has 0 aromatic carbocycles. The molecule has 0 spiro atoms. The lowest BCUT2D eigenvalue weighted by Crippen LogP contribution is -2.28. The average molecular weight is 453 g/mol. The number of rotatable bonds is 7. The maximum absolute atomic E-state index is 2.41. The molecule has 0 nitrogen and oxygen atoms in total. The zero-order valence-corrected chi connectivity index (χ0v) is 25.3. The largest absolute Gasteiger partial charge is 0.0683 e. The van der Waals surface area contributed by atoms with Crippen LogP contribution in [0.2, 0.25) is 0 Å². The number of hydrogen-bond acceptors (Lipinski definition) is 0. The van der Waals surface area contributed by atoms with E-state index in [1.165, 1.54) is 64.2 Å². The van der Waals surface area contributed by atoms with Gasteiger partial charge in [-0.3, -0.25) is 0 Å². The lowest BCUT2D eigenvalue weighted by atomic mass is 9.68. The molecule has 0 heterocycles. The van der Waals surface area contributed by atoms with Gasteiger partial charge in [0.05, 0.1) is 0 Å². The van der Waals surface area contributed by atoms with Gasteiger partial charge in [-0.25, -0.2) is 0 Å². The SMILES string of the molecule is CC.CC(C)C.CCC1CCC(CC)C(C(C)C)C1.CCCC1C(CC)CCC1C(C)C. The summed E-state index contributed by atoms with van der Waals surface area (Å²) in [6.45, 7) is 29.6. The first-order valence-corrected chi connectivity index (χ1v) is 15.1. The minimum absolute atomic E-state index is 0.833. The summed E-state index contributed by atoms with van der Waals surface area (Å²) >= 11 is 0. The van der Waals surface area contributed by atoms with Gasteiger partial charge in [0.2, 0.25) is 0 Å². The molecule has 2 saturated carbocycles. The van der Waals surface area contributed by atoms with Crippen molar-refractivity contribution in [3.05, 3.63) is 0 Å². The topological polar surface area (TPSA) is 0 Å². The van der Waals surface area contributed by atoms with Crippen molar-refractivity contribution in [1.82, 2.24) is 0 Å². The lowest BCUT2D eigenvalue weighted by Gasteiger charge is -2.38. The summed E-state index contributed by atoms with van der Waals surface area (Å²) in [7, 11) is 0. The van der Waals surface area contributed by atoms with Crippen molar-refractivity contribution < 1.29 is 0 Å². The molecule has 0 heteroatoms. The van der Waals surface area contributed by atoms with Gasteiger partial charge in [-0.05, 0) is 78.9 Å². The Morgan fingerprint density at radius 3 is 1.44 bits per heavy atom. The van der Waals surface area contributed by atoms with Gasteiger partial charge >= 0.3 is 0 Å².